The number of methoxy groups -OCH3 is 2. The molecule has 0 saturated heterocycles. The van der Waals surface area contributed by atoms with Crippen LogP contribution in [0.3, 0.4) is 0 Å². The number of halogens is 1. The van der Waals surface area contributed by atoms with E-state index in [1.165, 1.54) is 5.56 Å². The summed E-state index contributed by atoms with van der Waals surface area (Å²) in [4.78, 5) is 1.07. The first kappa shape index (κ1) is 15.1. The van der Waals surface area contributed by atoms with Crippen molar-refractivity contribution in [3.05, 3.63) is 46.4 Å². The molecule has 0 aliphatic rings. The highest BCUT2D eigenvalue weighted by Gasteiger charge is 2.07. The highest BCUT2D eigenvalue weighted by Crippen LogP contribution is 2.35. The van der Waals surface area contributed by atoms with Gasteiger partial charge in [-0.3, -0.25) is 0 Å². The predicted octanol–water partition coefficient (Wildman–Crippen LogP) is 4.34. The molecule has 0 aliphatic heterocycles. The molecular formula is C15H16BrNO2S. The van der Waals surface area contributed by atoms with Crippen LogP contribution in [0.4, 0.5) is 5.69 Å². The van der Waals surface area contributed by atoms with Crippen molar-refractivity contribution in [2.75, 3.05) is 20.0 Å². The number of thioether (sulfide) groups is 1. The van der Waals surface area contributed by atoms with E-state index in [1.807, 2.05) is 36.4 Å². The number of benzene rings is 2. The summed E-state index contributed by atoms with van der Waals surface area (Å²) in [5.74, 6) is 2.47. The summed E-state index contributed by atoms with van der Waals surface area (Å²) < 4.78 is 11.7. The maximum Gasteiger partial charge on any atom is 0.134 e. The zero-order valence-electron chi connectivity index (χ0n) is 11.4. The van der Waals surface area contributed by atoms with Crippen LogP contribution < -0.4 is 15.2 Å². The Bertz CT molecular complexity index is 604. The Morgan fingerprint density at radius 3 is 2.60 bits per heavy atom. The molecule has 0 atom stereocenters. The van der Waals surface area contributed by atoms with Crippen molar-refractivity contribution in [2.45, 2.75) is 10.6 Å². The maximum atomic E-state index is 5.76. The van der Waals surface area contributed by atoms with Crippen LogP contribution in [0, 0.1) is 0 Å². The summed E-state index contributed by atoms with van der Waals surface area (Å²) >= 11 is 5.26. The molecule has 0 amide bonds. The van der Waals surface area contributed by atoms with E-state index in [4.69, 9.17) is 15.2 Å². The van der Waals surface area contributed by atoms with Gasteiger partial charge in [-0.2, -0.15) is 0 Å². The summed E-state index contributed by atoms with van der Waals surface area (Å²) in [5.41, 5.74) is 7.64. The Hall–Kier alpha value is -1.33. The molecule has 0 radical (unpaired) electrons. The molecule has 2 aromatic rings. The van der Waals surface area contributed by atoms with Crippen LogP contribution in [0.5, 0.6) is 11.5 Å². The predicted molar refractivity (Wildman–Crippen MR) is 87.7 cm³/mol. The number of nitrogen functional groups attached to an aromatic ring is 1. The summed E-state index contributed by atoms with van der Waals surface area (Å²) in [6.07, 6.45) is 0. The minimum atomic E-state index is 0.703. The SMILES string of the molecule is COc1ccc(Br)c(CSc2ccc(N)cc2OC)c1. The Labute approximate surface area is 131 Å². The molecule has 0 unspecified atom stereocenters. The van der Waals surface area contributed by atoms with E-state index in [0.717, 1.165) is 26.6 Å². The van der Waals surface area contributed by atoms with E-state index in [1.54, 1.807) is 26.0 Å². The highest BCUT2D eigenvalue weighted by molar-refractivity contribution is 9.10. The summed E-state index contributed by atoms with van der Waals surface area (Å²) in [7, 11) is 3.32. The van der Waals surface area contributed by atoms with Gasteiger partial charge >= 0.3 is 0 Å². The number of rotatable bonds is 5. The Kier molecular flexibility index (Phi) is 5.20. The molecule has 0 bridgehead atoms. The molecule has 2 rings (SSSR count). The minimum Gasteiger partial charge on any atom is -0.497 e. The van der Waals surface area contributed by atoms with Gasteiger partial charge in [0, 0.05) is 26.9 Å². The lowest BCUT2D eigenvalue weighted by molar-refractivity contribution is 0.405. The molecule has 0 spiro atoms. The first-order valence-electron chi connectivity index (χ1n) is 6.02. The first-order valence-corrected chi connectivity index (χ1v) is 7.80. The second-order valence-electron chi connectivity index (χ2n) is 4.16. The molecular weight excluding hydrogens is 338 g/mol. The second kappa shape index (κ2) is 6.90. The van der Waals surface area contributed by atoms with Crippen LogP contribution >= 0.6 is 27.7 Å². The third kappa shape index (κ3) is 3.61. The Balaban J connectivity index is 2.16. The van der Waals surface area contributed by atoms with E-state index in [0.29, 0.717) is 5.69 Å². The van der Waals surface area contributed by atoms with Crippen LogP contribution in [0.2, 0.25) is 0 Å². The van der Waals surface area contributed by atoms with Gasteiger partial charge in [0.2, 0.25) is 0 Å². The van der Waals surface area contributed by atoms with Gasteiger partial charge in [-0.25, -0.2) is 0 Å². The first-order chi connectivity index (χ1) is 9.63. The quantitative estimate of drug-likeness (QED) is 0.641. The maximum absolute atomic E-state index is 5.76. The van der Waals surface area contributed by atoms with Crippen molar-refractivity contribution >= 4 is 33.4 Å². The third-order valence-electron chi connectivity index (χ3n) is 2.82. The molecule has 20 heavy (non-hydrogen) atoms. The normalized spacial score (nSPS) is 10.3. The monoisotopic (exact) mass is 353 g/mol. The van der Waals surface area contributed by atoms with Gasteiger partial charge in [-0.05, 0) is 35.9 Å². The van der Waals surface area contributed by atoms with E-state index >= 15 is 0 Å². The van der Waals surface area contributed by atoms with Gasteiger partial charge in [0.05, 0.1) is 14.2 Å². The van der Waals surface area contributed by atoms with Crippen molar-refractivity contribution in [3.63, 3.8) is 0 Å². The van der Waals surface area contributed by atoms with Gasteiger partial charge in [-0.1, -0.05) is 15.9 Å². The fourth-order valence-electron chi connectivity index (χ4n) is 1.75. The lowest BCUT2D eigenvalue weighted by Crippen LogP contribution is -1.91. The summed E-state index contributed by atoms with van der Waals surface area (Å²) in [6, 6.07) is 11.7. The Morgan fingerprint density at radius 2 is 1.90 bits per heavy atom. The van der Waals surface area contributed by atoms with Crippen LogP contribution in [0.15, 0.2) is 45.8 Å². The number of nitrogens with two attached hydrogens (primary N) is 1. The highest BCUT2D eigenvalue weighted by atomic mass is 79.9. The molecule has 0 aromatic heterocycles. The second-order valence-corrected chi connectivity index (χ2v) is 6.03. The van der Waals surface area contributed by atoms with Crippen LogP contribution in [0.25, 0.3) is 0 Å². The van der Waals surface area contributed by atoms with E-state index in [9.17, 15) is 0 Å². The van der Waals surface area contributed by atoms with Crippen LogP contribution in [0.1, 0.15) is 5.56 Å². The Morgan fingerprint density at radius 1 is 1.10 bits per heavy atom. The molecule has 0 saturated carbocycles. The smallest absolute Gasteiger partial charge is 0.134 e. The fraction of sp³-hybridized carbons (Fsp3) is 0.200. The largest absolute Gasteiger partial charge is 0.497 e. The third-order valence-corrected chi connectivity index (χ3v) is 4.70. The summed E-state index contributed by atoms with van der Waals surface area (Å²) in [5, 5.41) is 0. The van der Waals surface area contributed by atoms with E-state index in [-0.39, 0.29) is 0 Å². The molecule has 2 aromatic carbocycles. The summed E-state index contributed by atoms with van der Waals surface area (Å²) in [6.45, 7) is 0. The molecule has 2 N–H and O–H groups in total. The molecule has 0 fully saturated rings. The van der Waals surface area contributed by atoms with Crippen molar-refractivity contribution in [3.8, 4) is 11.5 Å². The lowest BCUT2D eigenvalue weighted by Gasteiger charge is -2.10. The van der Waals surface area contributed by atoms with E-state index in [2.05, 4.69) is 15.9 Å². The molecule has 0 heterocycles. The van der Waals surface area contributed by atoms with Gasteiger partial charge in [-0.15, -0.1) is 11.8 Å². The zero-order valence-corrected chi connectivity index (χ0v) is 13.8. The van der Waals surface area contributed by atoms with Crippen molar-refractivity contribution in [1.29, 1.82) is 0 Å². The van der Waals surface area contributed by atoms with Gasteiger partial charge in [0.25, 0.3) is 0 Å². The topological polar surface area (TPSA) is 44.5 Å². The van der Waals surface area contributed by atoms with Crippen molar-refractivity contribution in [1.82, 2.24) is 0 Å². The van der Waals surface area contributed by atoms with Crippen LogP contribution in [-0.2, 0) is 5.75 Å². The number of anilines is 1. The van der Waals surface area contributed by atoms with Crippen molar-refractivity contribution < 1.29 is 9.47 Å². The van der Waals surface area contributed by atoms with E-state index < -0.39 is 0 Å². The van der Waals surface area contributed by atoms with Gasteiger partial charge < -0.3 is 15.2 Å². The molecule has 3 nitrogen and oxygen atoms in total. The van der Waals surface area contributed by atoms with Crippen LogP contribution in [-0.4, -0.2) is 14.2 Å². The molecule has 106 valence electrons. The average molecular weight is 354 g/mol. The standard InChI is InChI=1S/C15H16BrNO2S/c1-18-12-4-5-13(16)10(7-12)9-20-15-6-3-11(17)8-14(15)19-2/h3-8H,9,17H2,1-2H3. The van der Waals surface area contributed by atoms with Gasteiger partial charge in [0.15, 0.2) is 0 Å². The van der Waals surface area contributed by atoms with Gasteiger partial charge in [0.1, 0.15) is 11.5 Å². The number of hydrogen-bond donors (Lipinski definition) is 1. The average Bonchev–Trinajstić information content (AvgIpc) is 2.47. The number of ether oxygens (including phenoxy) is 2. The molecule has 0 aliphatic carbocycles. The van der Waals surface area contributed by atoms with Crippen molar-refractivity contribution in [2.24, 2.45) is 0 Å². The zero-order chi connectivity index (χ0) is 14.5. The minimum absolute atomic E-state index is 0.703. The number of hydrogen-bond acceptors (Lipinski definition) is 4. The fourth-order valence-corrected chi connectivity index (χ4v) is 3.32. The molecule has 5 heteroatoms. The lowest BCUT2D eigenvalue weighted by atomic mass is 10.2.